The summed E-state index contributed by atoms with van der Waals surface area (Å²) >= 11 is 0. The first-order valence-corrected chi connectivity index (χ1v) is 3.46. The molecule has 0 radical (unpaired) electrons. The Balaban J connectivity index is 2.51. The molecule has 0 saturated heterocycles. The summed E-state index contributed by atoms with van der Waals surface area (Å²) in [7, 11) is 0. The van der Waals surface area contributed by atoms with Crippen molar-refractivity contribution in [3.63, 3.8) is 0 Å². The maximum Gasteiger partial charge on any atom is 0.250 e. The van der Waals surface area contributed by atoms with Crippen LogP contribution in [0.2, 0.25) is 0 Å². The van der Waals surface area contributed by atoms with Gasteiger partial charge in [-0.1, -0.05) is 0 Å². The van der Waals surface area contributed by atoms with Gasteiger partial charge in [-0.2, -0.15) is 0 Å². The molecule has 0 aromatic carbocycles. The maximum atomic E-state index is 10.8. The van der Waals surface area contributed by atoms with Crippen LogP contribution in [0.4, 0.5) is 5.69 Å². The first-order chi connectivity index (χ1) is 5.36. The van der Waals surface area contributed by atoms with E-state index in [2.05, 4.69) is 10.3 Å². The van der Waals surface area contributed by atoms with Crippen molar-refractivity contribution in [2.45, 2.75) is 0 Å². The first-order valence-electron chi connectivity index (χ1n) is 3.46. The molecule has 0 amide bonds. The average Bonchev–Trinajstić information content (AvgIpc) is 2.04. The molecule has 2 heterocycles. The molecule has 0 aliphatic carbocycles. The van der Waals surface area contributed by atoms with Gasteiger partial charge < -0.3 is 10.1 Å². The van der Waals surface area contributed by atoms with E-state index >= 15 is 0 Å². The Morgan fingerprint density at radius 1 is 1.45 bits per heavy atom. The molecule has 0 unspecified atom stereocenters. The normalized spacial score (nSPS) is 14.5. The van der Waals surface area contributed by atoms with Gasteiger partial charge in [-0.05, 0) is 6.07 Å². The van der Waals surface area contributed by atoms with Gasteiger partial charge in [-0.25, -0.2) is 0 Å². The second kappa shape index (κ2) is 2.30. The summed E-state index contributed by atoms with van der Waals surface area (Å²) in [6.07, 6.45) is 0. The quantitative estimate of drug-likeness (QED) is 0.557. The van der Waals surface area contributed by atoms with Crippen molar-refractivity contribution >= 4 is 5.69 Å². The monoisotopic (exact) mass is 152 g/mol. The predicted octanol–water partition coefficient (Wildman–Crippen LogP) is 0.179. The minimum atomic E-state index is -0.132. The number of rotatable bonds is 0. The van der Waals surface area contributed by atoms with E-state index in [4.69, 9.17) is 4.74 Å². The topological polar surface area (TPSA) is 54.1 Å². The fourth-order valence-corrected chi connectivity index (χ4v) is 1.05. The number of hydrogen-bond acceptors (Lipinski definition) is 3. The molecule has 0 spiro atoms. The third-order valence-corrected chi connectivity index (χ3v) is 1.55. The molecule has 2 N–H and O–H groups in total. The van der Waals surface area contributed by atoms with Crippen molar-refractivity contribution in [3.8, 4) is 5.88 Å². The van der Waals surface area contributed by atoms with Crippen LogP contribution in [0, 0.1) is 0 Å². The van der Waals surface area contributed by atoms with Crippen molar-refractivity contribution in [2.24, 2.45) is 0 Å². The zero-order valence-corrected chi connectivity index (χ0v) is 5.89. The van der Waals surface area contributed by atoms with E-state index in [0.29, 0.717) is 12.5 Å². The van der Waals surface area contributed by atoms with Crippen LogP contribution >= 0.6 is 0 Å². The lowest BCUT2D eigenvalue weighted by atomic mass is 10.3. The zero-order chi connectivity index (χ0) is 7.68. The van der Waals surface area contributed by atoms with E-state index in [9.17, 15) is 4.79 Å². The molecule has 11 heavy (non-hydrogen) atoms. The molecule has 1 aliphatic rings. The van der Waals surface area contributed by atoms with Crippen molar-refractivity contribution in [3.05, 3.63) is 22.5 Å². The molecule has 0 bridgehead atoms. The molecule has 4 heteroatoms. The second-order valence-corrected chi connectivity index (χ2v) is 2.34. The number of anilines is 1. The lowest BCUT2D eigenvalue weighted by molar-refractivity contribution is 0.309. The first kappa shape index (κ1) is 6.27. The highest BCUT2D eigenvalue weighted by molar-refractivity contribution is 5.53. The summed E-state index contributed by atoms with van der Waals surface area (Å²) in [5.41, 5.74) is 0.725. The number of hydrogen-bond donors (Lipinski definition) is 2. The van der Waals surface area contributed by atoms with Gasteiger partial charge in [-0.3, -0.25) is 9.78 Å². The number of aromatic nitrogens is 1. The molecular formula is C7H8N2O2. The number of aromatic amines is 1. The summed E-state index contributed by atoms with van der Waals surface area (Å²) in [6.45, 7) is 1.39. The fourth-order valence-electron chi connectivity index (χ4n) is 1.05. The van der Waals surface area contributed by atoms with Gasteiger partial charge in [0.15, 0.2) is 0 Å². The second-order valence-electron chi connectivity index (χ2n) is 2.34. The summed E-state index contributed by atoms with van der Waals surface area (Å²) in [6, 6.07) is 3.19. The average molecular weight is 152 g/mol. The highest BCUT2D eigenvalue weighted by Crippen LogP contribution is 2.20. The molecular weight excluding hydrogens is 144 g/mol. The number of pyridine rings is 1. The molecule has 1 aromatic rings. The Kier molecular flexibility index (Phi) is 1.31. The van der Waals surface area contributed by atoms with Gasteiger partial charge in [0.1, 0.15) is 6.61 Å². The van der Waals surface area contributed by atoms with Crippen molar-refractivity contribution < 1.29 is 4.74 Å². The van der Waals surface area contributed by atoms with Gasteiger partial charge in [0.25, 0.3) is 5.56 Å². The molecule has 58 valence electrons. The summed E-state index contributed by atoms with van der Waals surface area (Å²) < 4.78 is 5.19. The van der Waals surface area contributed by atoms with Crippen molar-refractivity contribution in [2.75, 3.05) is 18.5 Å². The summed E-state index contributed by atoms with van der Waals surface area (Å²) in [5, 5.41) is 3.09. The van der Waals surface area contributed by atoms with Crippen molar-refractivity contribution in [1.29, 1.82) is 0 Å². The Morgan fingerprint density at radius 2 is 2.36 bits per heavy atom. The SMILES string of the molecule is O=c1ccc2c([nH]1)OCCN2. The van der Waals surface area contributed by atoms with Crippen LogP contribution in [0.25, 0.3) is 0 Å². The van der Waals surface area contributed by atoms with Crippen LogP contribution in [-0.4, -0.2) is 18.1 Å². The van der Waals surface area contributed by atoms with Gasteiger partial charge in [0.05, 0.1) is 5.69 Å². The Labute approximate surface area is 63.2 Å². The van der Waals surface area contributed by atoms with E-state index in [1.807, 2.05) is 0 Å². The van der Waals surface area contributed by atoms with Crippen LogP contribution < -0.4 is 15.6 Å². The van der Waals surface area contributed by atoms with E-state index in [-0.39, 0.29) is 5.56 Å². The predicted molar refractivity (Wildman–Crippen MR) is 41.0 cm³/mol. The van der Waals surface area contributed by atoms with Gasteiger partial charge in [0, 0.05) is 12.6 Å². The van der Waals surface area contributed by atoms with Gasteiger partial charge in [0.2, 0.25) is 5.88 Å². The Morgan fingerprint density at radius 3 is 3.27 bits per heavy atom. The lowest BCUT2D eigenvalue weighted by Gasteiger charge is -2.17. The number of nitrogens with one attached hydrogen (secondary N) is 2. The van der Waals surface area contributed by atoms with Gasteiger partial charge in [-0.15, -0.1) is 0 Å². The third-order valence-electron chi connectivity index (χ3n) is 1.55. The molecule has 0 atom stereocenters. The minimum Gasteiger partial charge on any atom is -0.476 e. The smallest absolute Gasteiger partial charge is 0.250 e. The van der Waals surface area contributed by atoms with Crippen LogP contribution in [0.1, 0.15) is 0 Å². The van der Waals surface area contributed by atoms with Crippen LogP contribution in [0.15, 0.2) is 16.9 Å². The van der Waals surface area contributed by atoms with E-state index in [0.717, 1.165) is 12.2 Å². The summed E-state index contributed by atoms with van der Waals surface area (Å²) in [5.74, 6) is 0.545. The van der Waals surface area contributed by atoms with Crippen LogP contribution in [0.3, 0.4) is 0 Å². The highest BCUT2D eigenvalue weighted by atomic mass is 16.5. The van der Waals surface area contributed by atoms with Crippen molar-refractivity contribution in [1.82, 2.24) is 4.98 Å². The lowest BCUT2D eigenvalue weighted by Crippen LogP contribution is -2.21. The molecule has 0 fully saturated rings. The Bertz CT molecular complexity index is 318. The highest BCUT2D eigenvalue weighted by Gasteiger charge is 2.08. The van der Waals surface area contributed by atoms with E-state index in [1.54, 1.807) is 6.07 Å². The largest absolute Gasteiger partial charge is 0.476 e. The van der Waals surface area contributed by atoms with E-state index < -0.39 is 0 Å². The number of ether oxygens (including phenoxy) is 1. The van der Waals surface area contributed by atoms with Crippen LogP contribution in [0.5, 0.6) is 5.88 Å². The maximum absolute atomic E-state index is 10.8. The fraction of sp³-hybridized carbons (Fsp3) is 0.286. The Hall–Kier alpha value is -1.45. The minimum absolute atomic E-state index is 0.132. The molecule has 1 aliphatic heterocycles. The third kappa shape index (κ3) is 1.07. The molecule has 2 rings (SSSR count). The molecule has 0 saturated carbocycles. The zero-order valence-electron chi connectivity index (χ0n) is 5.89. The standard InChI is InChI=1S/C7H8N2O2/c10-6-2-1-5-7(9-6)11-4-3-8-5/h1-2,8H,3-4H2,(H,9,10). The molecule has 1 aromatic heterocycles. The molecule has 4 nitrogen and oxygen atoms in total. The van der Waals surface area contributed by atoms with Gasteiger partial charge >= 0.3 is 0 Å². The van der Waals surface area contributed by atoms with E-state index in [1.165, 1.54) is 6.07 Å². The summed E-state index contributed by atoms with van der Waals surface area (Å²) in [4.78, 5) is 13.4. The van der Waals surface area contributed by atoms with Crippen LogP contribution in [-0.2, 0) is 0 Å². The number of fused-ring (bicyclic) bond motifs is 1. The number of H-pyrrole nitrogens is 1.